The Hall–Kier alpha value is -0.570. The molecule has 1 aromatic heterocycles. The van der Waals surface area contributed by atoms with Crippen LogP contribution in [0.15, 0.2) is 24.9 Å². The van der Waals surface area contributed by atoms with Gasteiger partial charge in [-0.25, -0.2) is 0 Å². The Morgan fingerprint density at radius 2 is 2.36 bits per heavy atom. The van der Waals surface area contributed by atoms with Gasteiger partial charge in [-0.2, -0.15) is 0 Å². The van der Waals surface area contributed by atoms with Gasteiger partial charge in [0.15, 0.2) is 0 Å². The summed E-state index contributed by atoms with van der Waals surface area (Å²) in [4.78, 5) is 4.19. The van der Waals surface area contributed by atoms with Crippen molar-refractivity contribution in [3.8, 4) is 0 Å². The molecule has 1 atom stereocenters. The minimum absolute atomic E-state index is 0.0947. The summed E-state index contributed by atoms with van der Waals surface area (Å²) in [6.45, 7) is 3.68. The molecule has 0 saturated heterocycles. The van der Waals surface area contributed by atoms with Crippen LogP contribution in [-0.2, 0) is 0 Å². The van der Waals surface area contributed by atoms with Gasteiger partial charge in [0.25, 0.3) is 0 Å². The van der Waals surface area contributed by atoms with E-state index < -0.39 is 0 Å². The molecule has 2 nitrogen and oxygen atoms in total. The van der Waals surface area contributed by atoms with Gasteiger partial charge in [-0.05, 0) is 19.5 Å². The Kier molecular flexibility index (Phi) is 4.39. The topological polar surface area (TPSA) is 24.9 Å². The number of rotatable bonds is 4. The maximum absolute atomic E-state index is 6.02. The van der Waals surface area contributed by atoms with Gasteiger partial charge < -0.3 is 5.32 Å². The third-order valence-electron chi connectivity index (χ3n) is 1.92. The molecular weight excluding hydrogens is 219 g/mol. The number of halogens is 2. The fourth-order valence-corrected chi connectivity index (χ4v) is 1.73. The second-order valence-corrected chi connectivity index (χ2v) is 3.73. The van der Waals surface area contributed by atoms with E-state index in [0.29, 0.717) is 10.0 Å². The number of nitrogens with zero attached hydrogens (tertiary/aromatic N) is 1. The maximum atomic E-state index is 6.02. The lowest BCUT2D eigenvalue weighted by atomic mass is 10.1. The van der Waals surface area contributed by atoms with E-state index in [9.17, 15) is 0 Å². The molecule has 1 rings (SSSR count). The Morgan fingerprint density at radius 1 is 1.64 bits per heavy atom. The quantitative estimate of drug-likeness (QED) is 0.804. The Balaban J connectivity index is 2.97. The van der Waals surface area contributed by atoms with Crippen molar-refractivity contribution in [2.45, 2.75) is 12.5 Å². The van der Waals surface area contributed by atoms with Crippen LogP contribution in [0.1, 0.15) is 18.2 Å². The Morgan fingerprint density at radius 3 is 2.86 bits per heavy atom. The van der Waals surface area contributed by atoms with Crippen molar-refractivity contribution >= 4 is 23.2 Å². The molecule has 0 spiro atoms. The lowest BCUT2D eigenvalue weighted by molar-refractivity contribution is 0.587. The van der Waals surface area contributed by atoms with Gasteiger partial charge in [0.05, 0.1) is 21.8 Å². The zero-order valence-corrected chi connectivity index (χ0v) is 9.44. The lowest BCUT2D eigenvalue weighted by Crippen LogP contribution is -2.17. The summed E-state index contributed by atoms with van der Waals surface area (Å²) >= 11 is 11.8. The van der Waals surface area contributed by atoms with Gasteiger partial charge in [-0.3, -0.25) is 4.98 Å². The highest BCUT2D eigenvalue weighted by molar-refractivity contribution is 6.34. The first-order valence-corrected chi connectivity index (χ1v) is 5.03. The number of aromatic nitrogens is 1. The molecule has 0 aliphatic rings. The molecule has 1 N–H and O–H groups in total. The predicted molar refractivity (Wildman–Crippen MR) is 60.9 cm³/mol. The van der Waals surface area contributed by atoms with Crippen LogP contribution in [0.2, 0.25) is 10.0 Å². The van der Waals surface area contributed by atoms with E-state index in [2.05, 4.69) is 16.9 Å². The SMILES string of the molecule is C=CCC(NC)c1ncc(Cl)cc1Cl. The number of pyridine rings is 1. The average molecular weight is 231 g/mol. The van der Waals surface area contributed by atoms with E-state index in [1.165, 1.54) is 0 Å². The smallest absolute Gasteiger partial charge is 0.0763 e. The van der Waals surface area contributed by atoms with Crippen molar-refractivity contribution in [1.29, 1.82) is 0 Å². The van der Waals surface area contributed by atoms with Gasteiger partial charge in [-0.1, -0.05) is 29.3 Å². The highest BCUT2D eigenvalue weighted by Gasteiger charge is 2.12. The molecule has 0 saturated carbocycles. The number of hydrogen-bond donors (Lipinski definition) is 1. The summed E-state index contributed by atoms with van der Waals surface area (Å²) < 4.78 is 0. The first kappa shape index (κ1) is 11.5. The number of hydrogen-bond acceptors (Lipinski definition) is 2. The van der Waals surface area contributed by atoms with Crippen molar-refractivity contribution in [2.24, 2.45) is 0 Å². The van der Waals surface area contributed by atoms with E-state index >= 15 is 0 Å². The van der Waals surface area contributed by atoms with Gasteiger partial charge in [0.1, 0.15) is 0 Å². The van der Waals surface area contributed by atoms with E-state index in [1.807, 2.05) is 13.1 Å². The largest absolute Gasteiger partial charge is 0.311 e. The van der Waals surface area contributed by atoms with Crippen molar-refractivity contribution in [3.05, 3.63) is 40.7 Å². The van der Waals surface area contributed by atoms with Crippen molar-refractivity contribution < 1.29 is 0 Å². The molecule has 0 aliphatic heterocycles. The average Bonchev–Trinajstić information content (AvgIpc) is 2.15. The van der Waals surface area contributed by atoms with E-state index in [1.54, 1.807) is 12.3 Å². The van der Waals surface area contributed by atoms with Gasteiger partial charge in [-0.15, -0.1) is 6.58 Å². The highest BCUT2D eigenvalue weighted by atomic mass is 35.5. The van der Waals surface area contributed by atoms with Crippen molar-refractivity contribution in [2.75, 3.05) is 7.05 Å². The summed E-state index contributed by atoms with van der Waals surface area (Å²) in [5.41, 5.74) is 0.804. The second-order valence-electron chi connectivity index (χ2n) is 2.89. The molecule has 1 aromatic rings. The lowest BCUT2D eigenvalue weighted by Gasteiger charge is -2.14. The van der Waals surface area contributed by atoms with Crippen LogP contribution >= 0.6 is 23.2 Å². The molecule has 0 fully saturated rings. The molecule has 1 unspecified atom stereocenters. The molecule has 0 bridgehead atoms. The fourth-order valence-electron chi connectivity index (χ4n) is 1.21. The Labute approximate surface area is 93.9 Å². The zero-order chi connectivity index (χ0) is 10.6. The minimum Gasteiger partial charge on any atom is -0.311 e. The molecule has 1 heterocycles. The Bertz CT molecular complexity index is 326. The molecule has 0 amide bonds. The van der Waals surface area contributed by atoms with E-state index in [0.717, 1.165) is 12.1 Å². The monoisotopic (exact) mass is 230 g/mol. The van der Waals surface area contributed by atoms with Crippen LogP contribution in [0, 0.1) is 0 Å². The first-order chi connectivity index (χ1) is 6.69. The van der Waals surface area contributed by atoms with Crippen LogP contribution < -0.4 is 5.32 Å². The molecule has 0 aromatic carbocycles. The molecule has 14 heavy (non-hydrogen) atoms. The van der Waals surface area contributed by atoms with Gasteiger partial charge in [0.2, 0.25) is 0 Å². The standard InChI is InChI=1S/C10H12Cl2N2/c1-3-4-9(13-2)10-8(12)5-7(11)6-14-10/h3,5-6,9,13H,1,4H2,2H3. The third kappa shape index (κ3) is 2.71. The summed E-state index contributed by atoms with van der Waals surface area (Å²) in [5.74, 6) is 0. The molecule has 0 aliphatic carbocycles. The highest BCUT2D eigenvalue weighted by Crippen LogP contribution is 2.25. The van der Waals surface area contributed by atoms with Crippen LogP contribution in [-0.4, -0.2) is 12.0 Å². The van der Waals surface area contributed by atoms with Crippen LogP contribution in [0.5, 0.6) is 0 Å². The normalized spacial score (nSPS) is 12.5. The number of nitrogens with one attached hydrogen (secondary N) is 1. The molecule has 4 heteroatoms. The maximum Gasteiger partial charge on any atom is 0.0763 e. The summed E-state index contributed by atoms with van der Waals surface area (Å²) in [6.07, 6.45) is 4.20. The van der Waals surface area contributed by atoms with Crippen LogP contribution in [0.25, 0.3) is 0 Å². The second kappa shape index (κ2) is 5.35. The summed E-state index contributed by atoms with van der Waals surface area (Å²) in [5, 5.41) is 4.25. The van der Waals surface area contributed by atoms with E-state index in [-0.39, 0.29) is 6.04 Å². The molecule has 0 radical (unpaired) electrons. The first-order valence-electron chi connectivity index (χ1n) is 4.28. The molecule has 76 valence electrons. The third-order valence-corrected chi connectivity index (χ3v) is 2.43. The summed E-state index contributed by atoms with van der Waals surface area (Å²) in [6, 6.07) is 1.79. The van der Waals surface area contributed by atoms with Crippen LogP contribution in [0.4, 0.5) is 0 Å². The zero-order valence-electron chi connectivity index (χ0n) is 7.93. The minimum atomic E-state index is 0.0947. The van der Waals surface area contributed by atoms with Crippen molar-refractivity contribution in [3.63, 3.8) is 0 Å². The van der Waals surface area contributed by atoms with Gasteiger partial charge in [0, 0.05) is 6.20 Å². The van der Waals surface area contributed by atoms with Gasteiger partial charge >= 0.3 is 0 Å². The predicted octanol–water partition coefficient (Wildman–Crippen LogP) is 3.23. The molecular formula is C10H12Cl2N2. The fraction of sp³-hybridized carbons (Fsp3) is 0.300. The van der Waals surface area contributed by atoms with Crippen LogP contribution in [0.3, 0.4) is 0 Å². The van der Waals surface area contributed by atoms with Crippen molar-refractivity contribution in [1.82, 2.24) is 10.3 Å². The van der Waals surface area contributed by atoms with E-state index in [4.69, 9.17) is 23.2 Å². The summed E-state index contributed by atoms with van der Waals surface area (Å²) in [7, 11) is 1.86.